The van der Waals surface area contributed by atoms with Gasteiger partial charge in [-0.05, 0) is 48.9 Å². The van der Waals surface area contributed by atoms with Gasteiger partial charge in [-0.1, -0.05) is 0 Å². The molecular weight excluding hydrogens is 394 g/mol. The van der Waals surface area contributed by atoms with Gasteiger partial charge in [0.1, 0.15) is 10.6 Å². The molecule has 0 saturated carbocycles. The van der Waals surface area contributed by atoms with E-state index in [0.29, 0.717) is 12.1 Å². The number of anilines is 3. The molecule has 1 aliphatic heterocycles. The van der Waals surface area contributed by atoms with Gasteiger partial charge in [0, 0.05) is 38.3 Å². The van der Waals surface area contributed by atoms with Crippen molar-refractivity contribution in [1.82, 2.24) is 0 Å². The molecule has 1 fully saturated rings. The standard InChI is InChI=1S/C20H23N3O5S/c1-22(2)15-9-7-14(8-10-15)21-29(26,27)18-13-16(11-12-17(18)28-3)23-19(24)5-4-6-20(23)25/h7-13,21H,4-6H2,1-3H3. The summed E-state index contributed by atoms with van der Waals surface area (Å²) in [5.41, 5.74) is 1.52. The number of carbonyl (C=O) groups is 2. The van der Waals surface area contributed by atoms with Crippen molar-refractivity contribution in [2.24, 2.45) is 0 Å². The first-order chi connectivity index (χ1) is 13.7. The molecule has 2 aromatic rings. The topological polar surface area (TPSA) is 96.0 Å². The van der Waals surface area contributed by atoms with E-state index in [4.69, 9.17) is 4.74 Å². The van der Waals surface area contributed by atoms with Crippen molar-refractivity contribution in [2.75, 3.05) is 35.7 Å². The minimum atomic E-state index is -4.02. The Bertz CT molecular complexity index is 1020. The van der Waals surface area contributed by atoms with Crippen molar-refractivity contribution in [3.8, 4) is 5.75 Å². The van der Waals surface area contributed by atoms with Crippen LogP contribution in [-0.4, -0.2) is 41.4 Å². The lowest BCUT2D eigenvalue weighted by molar-refractivity contribution is -0.129. The highest BCUT2D eigenvalue weighted by Gasteiger charge is 2.29. The Balaban J connectivity index is 1.97. The van der Waals surface area contributed by atoms with Gasteiger partial charge in [0.2, 0.25) is 11.8 Å². The fraction of sp³-hybridized carbons (Fsp3) is 0.300. The van der Waals surface area contributed by atoms with E-state index in [2.05, 4.69) is 4.72 Å². The number of methoxy groups -OCH3 is 1. The first kappa shape index (κ1) is 20.7. The molecule has 29 heavy (non-hydrogen) atoms. The number of imide groups is 1. The number of rotatable bonds is 6. The monoisotopic (exact) mass is 417 g/mol. The Morgan fingerprint density at radius 2 is 1.62 bits per heavy atom. The van der Waals surface area contributed by atoms with Crippen molar-refractivity contribution in [3.05, 3.63) is 42.5 Å². The molecule has 0 unspecified atom stereocenters. The van der Waals surface area contributed by atoms with E-state index in [9.17, 15) is 18.0 Å². The highest BCUT2D eigenvalue weighted by molar-refractivity contribution is 7.92. The van der Waals surface area contributed by atoms with E-state index < -0.39 is 10.0 Å². The van der Waals surface area contributed by atoms with E-state index in [-0.39, 0.29) is 41.0 Å². The minimum Gasteiger partial charge on any atom is -0.495 e. The van der Waals surface area contributed by atoms with Crippen LogP contribution in [0.2, 0.25) is 0 Å². The summed E-state index contributed by atoms with van der Waals surface area (Å²) in [7, 11) is 1.11. The van der Waals surface area contributed by atoms with Crippen LogP contribution in [0.1, 0.15) is 19.3 Å². The maximum atomic E-state index is 13.0. The van der Waals surface area contributed by atoms with E-state index in [1.165, 1.54) is 25.3 Å². The average molecular weight is 417 g/mol. The summed E-state index contributed by atoms with van der Waals surface area (Å²) in [5, 5.41) is 0. The maximum absolute atomic E-state index is 13.0. The summed E-state index contributed by atoms with van der Waals surface area (Å²) in [6.45, 7) is 0. The molecule has 0 radical (unpaired) electrons. The van der Waals surface area contributed by atoms with E-state index in [1.807, 2.05) is 19.0 Å². The number of piperidine rings is 1. The zero-order chi connectivity index (χ0) is 21.2. The normalized spacial score (nSPS) is 14.7. The molecule has 0 bridgehead atoms. The lowest BCUT2D eigenvalue weighted by atomic mass is 10.1. The van der Waals surface area contributed by atoms with E-state index in [1.54, 1.807) is 24.3 Å². The second kappa shape index (κ2) is 8.12. The number of amides is 2. The van der Waals surface area contributed by atoms with Gasteiger partial charge in [0.15, 0.2) is 0 Å². The molecule has 9 heteroatoms. The Kier molecular flexibility index (Phi) is 5.78. The number of nitrogens with one attached hydrogen (secondary N) is 1. The third-order valence-corrected chi connectivity index (χ3v) is 6.01. The van der Waals surface area contributed by atoms with Crippen LogP contribution in [-0.2, 0) is 19.6 Å². The van der Waals surface area contributed by atoms with Crippen molar-refractivity contribution in [3.63, 3.8) is 0 Å². The lowest BCUT2D eigenvalue weighted by Crippen LogP contribution is -2.40. The van der Waals surface area contributed by atoms with Crippen LogP contribution in [0.15, 0.2) is 47.4 Å². The number of hydrogen-bond donors (Lipinski definition) is 1. The molecule has 2 amide bonds. The van der Waals surface area contributed by atoms with Gasteiger partial charge in [-0.15, -0.1) is 0 Å². The Labute approximate surface area is 170 Å². The zero-order valence-corrected chi connectivity index (χ0v) is 17.3. The first-order valence-corrected chi connectivity index (χ1v) is 10.6. The van der Waals surface area contributed by atoms with Crippen molar-refractivity contribution in [2.45, 2.75) is 24.2 Å². The number of carbonyl (C=O) groups excluding carboxylic acids is 2. The van der Waals surface area contributed by atoms with Gasteiger partial charge in [-0.25, -0.2) is 8.42 Å². The summed E-state index contributed by atoms with van der Waals surface area (Å²) in [5.74, 6) is -0.577. The van der Waals surface area contributed by atoms with Crippen LogP contribution in [0.5, 0.6) is 5.75 Å². The molecule has 0 aromatic heterocycles. The fourth-order valence-corrected chi connectivity index (χ4v) is 4.34. The average Bonchev–Trinajstić information content (AvgIpc) is 2.68. The Morgan fingerprint density at radius 1 is 1.00 bits per heavy atom. The predicted molar refractivity (Wildman–Crippen MR) is 111 cm³/mol. The second-order valence-corrected chi connectivity index (χ2v) is 8.51. The van der Waals surface area contributed by atoms with Crippen molar-refractivity contribution >= 4 is 38.9 Å². The van der Waals surface area contributed by atoms with Crippen LogP contribution in [0, 0.1) is 0 Å². The van der Waals surface area contributed by atoms with Gasteiger partial charge in [0.05, 0.1) is 12.8 Å². The van der Waals surface area contributed by atoms with Crippen LogP contribution < -0.4 is 19.3 Å². The minimum absolute atomic E-state index is 0.114. The highest BCUT2D eigenvalue weighted by Crippen LogP contribution is 2.32. The maximum Gasteiger partial charge on any atom is 0.265 e. The van der Waals surface area contributed by atoms with Gasteiger partial charge in [-0.3, -0.25) is 19.2 Å². The zero-order valence-electron chi connectivity index (χ0n) is 16.5. The number of nitrogens with zero attached hydrogens (tertiary/aromatic N) is 2. The molecule has 1 heterocycles. The first-order valence-electron chi connectivity index (χ1n) is 9.07. The molecule has 1 aliphatic rings. The highest BCUT2D eigenvalue weighted by atomic mass is 32.2. The van der Waals surface area contributed by atoms with Gasteiger partial charge >= 0.3 is 0 Å². The summed E-state index contributed by atoms with van der Waals surface area (Å²) >= 11 is 0. The molecule has 3 rings (SSSR count). The number of benzene rings is 2. The fourth-order valence-electron chi connectivity index (χ4n) is 3.09. The van der Waals surface area contributed by atoms with Crippen molar-refractivity contribution in [1.29, 1.82) is 0 Å². The van der Waals surface area contributed by atoms with Gasteiger partial charge in [0.25, 0.3) is 10.0 Å². The Hall–Kier alpha value is -3.07. The quantitative estimate of drug-likeness (QED) is 0.726. The van der Waals surface area contributed by atoms with Crippen LogP contribution in [0.25, 0.3) is 0 Å². The summed E-state index contributed by atoms with van der Waals surface area (Å²) in [6.07, 6.45) is 0.993. The molecule has 2 aromatic carbocycles. The number of sulfonamides is 1. The van der Waals surface area contributed by atoms with Crippen LogP contribution in [0.4, 0.5) is 17.1 Å². The Morgan fingerprint density at radius 3 is 2.17 bits per heavy atom. The molecular formula is C20H23N3O5S. The third-order valence-electron chi connectivity index (χ3n) is 4.61. The number of hydrogen-bond acceptors (Lipinski definition) is 6. The molecule has 8 nitrogen and oxygen atoms in total. The second-order valence-electron chi connectivity index (χ2n) is 6.86. The molecule has 0 atom stereocenters. The van der Waals surface area contributed by atoms with Gasteiger partial charge in [-0.2, -0.15) is 0 Å². The van der Waals surface area contributed by atoms with Crippen molar-refractivity contribution < 1.29 is 22.7 Å². The lowest BCUT2D eigenvalue weighted by Gasteiger charge is -2.25. The molecule has 1 saturated heterocycles. The summed E-state index contributed by atoms with van der Waals surface area (Å²) in [6, 6.07) is 11.1. The third kappa shape index (κ3) is 4.34. The molecule has 0 aliphatic carbocycles. The molecule has 1 N–H and O–H groups in total. The number of ether oxygens (including phenoxy) is 1. The molecule has 154 valence electrons. The molecule has 0 spiro atoms. The van der Waals surface area contributed by atoms with Crippen LogP contribution >= 0.6 is 0 Å². The van der Waals surface area contributed by atoms with Crippen LogP contribution in [0.3, 0.4) is 0 Å². The van der Waals surface area contributed by atoms with Gasteiger partial charge < -0.3 is 9.64 Å². The predicted octanol–water partition coefficient (Wildman–Crippen LogP) is 2.61. The van der Waals surface area contributed by atoms with E-state index in [0.717, 1.165) is 10.6 Å². The largest absolute Gasteiger partial charge is 0.495 e. The SMILES string of the molecule is COc1ccc(N2C(=O)CCCC2=O)cc1S(=O)(=O)Nc1ccc(N(C)C)cc1. The summed E-state index contributed by atoms with van der Waals surface area (Å²) < 4.78 is 33.7. The summed E-state index contributed by atoms with van der Waals surface area (Å²) in [4.78, 5) is 27.2. The van der Waals surface area contributed by atoms with E-state index >= 15 is 0 Å². The smallest absolute Gasteiger partial charge is 0.265 e.